The van der Waals surface area contributed by atoms with E-state index in [1.54, 1.807) is 11.3 Å². The molecular weight excluding hydrogens is 252 g/mol. The van der Waals surface area contributed by atoms with Gasteiger partial charge in [0.25, 0.3) is 0 Å². The third kappa shape index (κ3) is 2.98. The molecule has 0 radical (unpaired) electrons. The van der Waals surface area contributed by atoms with Gasteiger partial charge in [-0.25, -0.2) is 4.98 Å². The van der Waals surface area contributed by atoms with Crippen LogP contribution in [-0.4, -0.2) is 4.98 Å². The first-order chi connectivity index (χ1) is 9.22. The molecule has 1 saturated carbocycles. The van der Waals surface area contributed by atoms with Gasteiger partial charge in [0.1, 0.15) is 5.01 Å². The van der Waals surface area contributed by atoms with Gasteiger partial charge < -0.3 is 5.73 Å². The molecule has 1 aromatic carbocycles. The highest BCUT2D eigenvalue weighted by atomic mass is 32.1. The van der Waals surface area contributed by atoms with Crippen molar-refractivity contribution in [1.82, 2.24) is 4.98 Å². The number of nitrogens with zero attached hydrogens (tertiary/aromatic N) is 1. The van der Waals surface area contributed by atoms with Crippen LogP contribution in [0.4, 0.5) is 0 Å². The van der Waals surface area contributed by atoms with E-state index in [2.05, 4.69) is 30.1 Å². The molecule has 1 aromatic heterocycles. The summed E-state index contributed by atoms with van der Waals surface area (Å²) in [6, 6.07) is 8.43. The minimum atomic E-state index is 0.121. The average molecular weight is 274 g/mol. The van der Waals surface area contributed by atoms with Gasteiger partial charge in [-0.2, -0.15) is 0 Å². The zero-order valence-corrected chi connectivity index (χ0v) is 12.3. The van der Waals surface area contributed by atoms with E-state index >= 15 is 0 Å². The predicted octanol–water partition coefficient (Wildman–Crippen LogP) is 4.51. The van der Waals surface area contributed by atoms with E-state index < -0.39 is 0 Å². The number of benzene rings is 1. The van der Waals surface area contributed by atoms with Gasteiger partial charge in [0.2, 0.25) is 0 Å². The molecule has 1 aliphatic rings. The van der Waals surface area contributed by atoms with Crippen LogP contribution in [0, 0.1) is 11.8 Å². The van der Waals surface area contributed by atoms with Crippen LogP contribution in [0.15, 0.2) is 24.3 Å². The predicted molar refractivity (Wildman–Crippen MR) is 82.3 cm³/mol. The van der Waals surface area contributed by atoms with Crippen molar-refractivity contribution in [3.63, 3.8) is 0 Å². The molecule has 1 fully saturated rings. The van der Waals surface area contributed by atoms with Crippen LogP contribution in [0.25, 0.3) is 10.2 Å². The molecule has 1 unspecified atom stereocenters. The summed E-state index contributed by atoms with van der Waals surface area (Å²) in [5.41, 5.74) is 7.47. The molecule has 2 aromatic rings. The minimum absolute atomic E-state index is 0.121. The molecule has 2 N–H and O–H groups in total. The van der Waals surface area contributed by atoms with Crippen molar-refractivity contribution in [2.75, 3.05) is 0 Å². The highest BCUT2D eigenvalue weighted by Crippen LogP contribution is 2.35. The molecule has 2 nitrogen and oxygen atoms in total. The number of nitrogens with two attached hydrogens (primary N) is 1. The summed E-state index contributed by atoms with van der Waals surface area (Å²) in [4.78, 5) is 4.69. The Labute approximate surface area is 119 Å². The summed E-state index contributed by atoms with van der Waals surface area (Å²) in [5, 5.41) is 1.11. The Morgan fingerprint density at radius 3 is 2.74 bits per heavy atom. The third-order valence-corrected chi connectivity index (χ3v) is 5.52. The fourth-order valence-electron chi connectivity index (χ4n) is 3.07. The van der Waals surface area contributed by atoms with Gasteiger partial charge in [0.15, 0.2) is 0 Å². The van der Waals surface area contributed by atoms with Crippen molar-refractivity contribution in [3.05, 3.63) is 29.3 Å². The summed E-state index contributed by atoms with van der Waals surface area (Å²) in [7, 11) is 0. The monoisotopic (exact) mass is 274 g/mol. The maximum atomic E-state index is 6.37. The number of rotatable bonds is 3. The molecule has 1 aliphatic carbocycles. The lowest BCUT2D eigenvalue weighted by Gasteiger charge is -2.27. The van der Waals surface area contributed by atoms with Crippen molar-refractivity contribution in [2.24, 2.45) is 17.6 Å². The van der Waals surface area contributed by atoms with Crippen LogP contribution in [-0.2, 0) is 0 Å². The fraction of sp³-hybridized carbons (Fsp3) is 0.562. The molecular formula is C16H22N2S. The Balaban J connectivity index is 1.68. The van der Waals surface area contributed by atoms with Gasteiger partial charge in [-0.05, 0) is 30.4 Å². The summed E-state index contributed by atoms with van der Waals surface area (Å²) in [6.45, 7) is 2.36. The number of hydrogen-bond acceptors (Lipinski definition) is 3. The fourth-order valence-corrected chi connectivity index (χ4v) is 4.06. The zero-order valence-electron chi connectivity index (χ0n) is 11.5. The molecule has 0 spiro atoms. The van der Waals surface area contributed by atoms with Crippen LogP contribution in [0.2, 0.25) is 0 Å². The van der Waals surface area contributed by atoms with Crippen LogP contribution >= 0.6 is 11.3 Å². The SMILES string of the molecule is CC1CCC(CC(N)c2nc3ccccc3s2)CC1. The van der Waals surface area contributed by atoms with Crippen LogP contribution in [0.5, 0.6) is 0 Å². The Hall–Kier alpha value is -0.930. The van der Waals surface area contributed by atoms with Gasteiger partial charge in [-0.3, -0.25) is 0 Å². The van der Waals surface area contributed by atoms with E-state index in [1.165, 1.54) is 30.4 Å². The van der Waals surface area contributed by atoms with Crippen molar-refractivity contribution in [1.29, 1.82) is 0 Å². The lowest BCUT2D eigenvalue weighted by atomic mass is 9.80. The maximum Gasteiger partial charge on any atom is 0.111 e. The second-order valence-corrected chi connectivity index (χ2v) is 7.05. The van der Waals surface area contributed by atoms with Crippen LogP contribution in [0.1, 0.15) is 50.1 Å². The van der Waals surface area contributed by atoms with Crippen molar-refractivity contribution in [3.8, 4) is 0 Å². The molecule has 102 valence electrons. The number of hydrogen-bond donors (Lipinski definition) is 1. The zero-order chi connectivity index (χ0) is 13.2. The first-order valence-electron chi connectivity index (χ1n) is 7.33. The third-order valence-electron chi connectivity index (χ3n) is 4.35. The number of para-hydroxylation sites is 1. The quantitative estimate of drug-likeness (QED) is 0.894. The standard InChI is InChI=1S/C16H22N2S/c1-11-6-8-12(9-7-11)10-13(17)16-18-14-4-2-3-5-15(14)19-16/h2-5,11-13H,6-10,17H2,1H3. The maximum absolute atomic E-state index is 6.37. The molecule has 0 bridgehead atoms. The van der Waals surface area contributed by atoms with Crippen LogP contribution < -0.4 is 5.73 Å². The molecule has 0 saturated heterocycles. The highest BCUT2D eigenvalue weighted by Gasteiger charge is 2.22. The Bertz CT molecular complexity index is 507. The number of thiazole rings is 1. The number of aromatic nitrogens is 1. The van der Waals surface area contributed by atoms with E-state index in [9.17, 15) is 0 Å². The molecule has 0 amide bonds. The lowest BCUT2D eigenvalue weighted by Crippen LogP contribution is -2.19. The molecule has 3 heteroatoms. The molecule has 0 aliphatic heterocycles. The lowest BCUT2D eigenvalue weighted by molar-refractivity contribution is 0.265. The van der Waals surface area contributed by atoms with E-state index in [1.807, 2.05) is 6.07 Å². The van der Waals surface area contributed by atoms with Crippen molar-refractivity contribution < 1.29 is 0 Å². The van der Waals surface area contributed by atoms with E-state index in [0.717, 1.165) is 28.8 Å². The largest absolute Gasteiger partial charge is 0.322 e. The van der Waals surface area contributed by atoms with Gasteiger partial charge in [0.05, 0.1) is 16.3 Å². The summed E-state index contributed by atoms with van der Waals surface area (Å²) in [6.07, 6.45) is 6.54. The number of fused-ring (bicyclic) bond motifs is 1. The second-order valence-electron chi connectivity index (χ2n) is 5.99. The normalized spacial score (nSPS) is 25.6. The first-order valence-corrected chi connectivity index (χ1v) is 8.15. The van der Waals surface area contributed by atoms with Crippen molar-refractivity contribution >= 4 is 21.6 Å². The first kappa shape index (κ1) is 13.1. The minimum Gasteiger partial charge on any atom is -0.322 e. The van der Waals surface area contributed by atoms with Gasteiger partial charge in [-0.1, -0.05) is 44.7 Å². The van der Waals surface area contributed by atoms with Crippen LogP contribution in [0.3, 0.4) is 0 Å². The topological polar surface area (TPSA) is 38.9 Å². The molecule has 1 heterocycles. The average Bonchev–Trinajstić information content (AvgIpc) is 2.85. The molecule has 3 rings (SSSR count). The van der Waals surface area contributed by atoms with E-state index in [4.69, 9.17) is 5.73 Å². The van der Waals surface area contributed by atoms with E-state index in [-0.39, 0.29) is 6.04 Å². The highest BCUT2D eigenvalue weighted by molar-refractivity contribution is 7.18. The summed E-state index contributed by atoms with van der Waals surface area (Å²) in [5.74, 6) is 1.72. The summed E-state index contributed by atoms with van der Waals surface area (Å²) >= 11 is 1.76. The van der Waals surface area contributed by atoms with Crippen molar-refractivity contribution in [2.45, 2.75) is 45.1 Å². The van der Waals surface area contributed by atoms with Gasteiger partial charge >= 0.3 is 0 Å². The Morgan fingerprint density at radius 1 is 1.26 bits per heavy atom. The van der Waals surface area contributed by atoms with E-state index in [0.29, 0.717) is 0 Å². The smallest absolute Gasteiger partial charge is 0.111 e. The molecule has 1 atom stereocenters. The van der Waals surface area contributed by atoms with Gasteiger partial charge in [0, 0.05) is 0 Å². The molecule has 19 heavy (non-hydrogen) atoms. The Kier molecular flexibility index (Phi) is 3.85. The second kappa shape index (κ2) is 5.59. The summed E-state index contributed by atoms with van der Waals surface area (Å²) < 4.78 is 1.25. The Morgan fingerprint density at radius 2 is 2.00 bits per heavy atom. The van der Waals surface area contributed by atoms with Gasteiger partial charge in [-0.15, -0.1) is 11.3 Å².